The molecule has 2 aromatic rings. The maximum Gasteiger partial charge on any atom is 0.130 e. The molecule has 1 fully saturated rings. The Hall–Kier alpha value is -1.84. The standard InChI is InChI=1S/C18H21NO2/c1-13-5-6-14(11-19-16-7-8-16)10-18(13)21-17-4-2-3-15(9-17)12-20/h2-6,9-10,16,19-20H,7-8,11-12H2,1H3. The predicted octanol–water partition coefficient (Wildman–Crippen LogP) is 3.53. The first-order chi connectivity index (χ1) is 10.2. The van der Waals surface area contributed by atoms with Crippen molar-refractivity contribution in [2.24, 2.45) is 0 Å². The second kappa shape index (κ2) is 6.29. The molecule has 3 rings (SSSR count). The van der Waals surface area contributed by atoms with Gasteiger partial charge in [-0.15, -0.1) is 0 Å². The van der Waals surface area contributed by atoms with Crippen molar-refractivity contribution in [3.63, 3.8) is 0 Å². The molecule has 0 aliphatic heterocycles. The third-order valence-electron chi connectivity index (χ3n) is 3.73. The fourth-order valence-electron chi connectivity index (χ4n) is 2.25. The quantitative estimate of drug-likeness (QED) is 0.852. The number of aliphatic hydroxyl groups excluding tert-OH is 1. The maximum atomic E-state index is 9.19. The maximum absolute atomic E-state index is 9.19. The van der Waals surface area contributed by atoms with Gasteiger partial charge in [0.25, 0.3) is 0 Å². The summed E-state index contributed by atoms with van der Waals surface area (Å²) >= 11 is 0. The molecule has 0 radical (unpaired) electrons. The molecular formula is C18H21NO2. The van der Waals surface area contributed by atoms with Crippen molar-refractivity contribution >= 4 is 0 Å². The van der Waals surface area contributed by atoms with Crippen LogP contribution in [0, 0.1) is 6.92 Å². The number of benzene rings is 2. The highest BCUT2D eigenvalue weighted by Crippen LogP contribution is 2.27. The van der Waals surface area contributed by atoms with Crippen LogP contribution in [0.25, 0.3) is 0 Å². The molecule has 0 saturated heterocycles. The van der Waals surface area contributed by atoms with Crippen LogP contribution in [-0.4, -0.2) is 11.1 Å². The zero-order valence-corrected chi connectivity index (χ0v) is 12.3. The van der Waals surface area contributed by atoms with Crippen LogP contribution in [0.4, 0.5) is 0 Å². The van der Waals surface area contributed by atoms with Gasteiger partial charge in [0.05, 0.1) is 6.61 Å². The van der Waals surface area contributed by atoms with Gasteiger partial charge in [0.2, 0.25) is 0 Å². The Morgan fingerprint density at radius 3 is 2.76 bits per heavy atom. The molecule has 0 unspecified atom stereocenters. The van der Waals surface area contributed by atoms with E-state index in [1.54, 1.807) is 0 Å². The lowest BCUT2D eigenvalue weighted by Gasteiger charge is -2.12. The van der Waals surface area contributed by atoms with Crippen LogP contribution in [0.1, 0.15) is 29.5 Å². The highest BCUT2D eigenvalue weighted by atomic mass is 16.5. The Morgan fingerprint density at radius 1 is 1.14 bits per heavy atom. The molecule has 110 valence electrons. The van der Waals surface area contributed by atoms with Crippen molar-refractivity contribution in [3.8, 4) is 11.5 Å². The Labute approximate surface area is 125 Å². The number of aliphatic hydroxyl groups is 1. The lowest BCUT2D eigenvalue weighted by molar-refractivity contribution is 0.281. The van der Waals surface area contributed by atoms with Gasteiger partial charge in [-0.25, -0.2) is 0 Å². The van der Waals surface area contributed by atoms with Gasteiger partial charge >= 0.3 is 0 Å². The first kappa shape index (κ1) is 14.1. The first-order valence-electron chi connectivity index (χ1n) is 7.45. The van der Waals surface area contributed by atoms with E-state index >= 15 is 0 Å². The van der Waals surface area contributed by atoms with Gasteiger partial charge in [0, 0.05) is 12.6 Å². The van der Waals surface area contributed by atoms with Gasteiger partial charge < -0.3 is 15.2 Å². The largest absolute Gasteiger partial charge is 0.457 e. The van der Waals surface area contributed by atoms with E-state index in [9.17, 15) is 5.11 Å². The van der Waals surface area contributed by atoms with Crippen molar-refractivity contribution in [2.75, 3.05) is 0 Å². The lowest BCUT2D eigenvalue weighted by Crippen LogP contribution is -2.15. The number of nitrogens with one attached hydrogen (secondary N) is 1. The number of rotatable bonds is 6. The summed E-state index contributed by atoms with van der Waals surface area (Å²) in [5.41, 5.74) is 3.21. The smallest absolute Gasteiger partial charge is 0.130 e. The minimum atomic E-state index is 0.0293. The summed E-state index contributed by atoms with van der Waals surface area (Å²) in [6, 6.07) is 14.6. The highest BCUT2D eigenvalue weighted by Gasteiger charge is 2.20. The van der Waals surface area contributed by atoms with Crippen LogP contribution < -0.4 is 10.1 Å². The molecule has 0 bridgehead atoms. The molecule has 1 aliphatic rings. The molecule has 0 heterocycles. The molecule has 0 atom stereocenters. The van der Waals surface area contributed by atoms with Gasteiger partial charge in [-0.05, 0) is 54.7 Å². The molecule has 0 spiro atoms. The molecular weight excluding hydrogens is 262 g/mol. The average molecular weight is 283 g/mol. The highest BCUT2D eigenvalue weighted by molar-refractivity contribution is 5.41. The van der Waals surface area contributed by atoms with E-state index in [0.717, 1.165) is 29.2 Å². The molecule has 0 amide bonds. The Bertz CT molecular complexity index is 620. The van der Waals surface area contributed by atoms with Gasteiger partial charge in [0.15, 0.2) is 0 Å². The lowest BCUT2D eigenvalue weighted by atomic mass is 10.1. The van der Waals surface area contributed by atoms with Crippen LogP contribution in [0.5, 0.6) is 11.5 Å². The van der Waals surface area contributed by atoms with Crippen molar-refractivity contribution < 1.29 is 9.84 Å². The second-order valence-corrected chi connectivity index (χ2v) is 5.66. The molecule has 3 nitrogen and oxygen atoms in total. The van der Waals surface area contributed by atoms with E-state index in [-0.39, 0.29) is 6.61 Å². The van der Waals surface area contributed by atoms with Crippen LogP contribution in [0.2, 0.25) is 0 Å². The summed E-state index contributed by atoms with van der Waals surface area (Å²) in [7, 11) is 0. The van der Waals surface area contributed by atoms with E-state index in [1.165, 1.54) is 18.4 Å². The Morgan fingerprint density at radius 2 is 2.00 bits per heavy atom. The molecule has 1 aliphatic carbocycles. The summed E-state index contributed by atoms with van der Waals surface area (Å²) in [5.74, 6) is 1.64. The van der Waals surface area contributed by atoms with E-state index in [2.05, 4.69) is 23.5 Å². The summed E-state index contributed by atoms with van der Waals surface area (Å²) in [4.78, 5) is 0. The number of hydrogen-bond acceptors (Lipinski definition) is 3. The van der Waals surface area contributed by atoms with Gasteiger partial charge in [-0.1, -0.05) is 24.3 Å². The molecule has 2 aromatic carbocycles. The van der Waals surface area contributed by atoms with Crippen LogP contribution in [0.3, 0.4) is 0 Å². The summed E-state index contributed by atoms with van der Waals surface area (Å²) in [5, 5.41) is 12.7. The third kappa shape index (κ3) is 3.84. The summed E-state index contributed by atoms with van der Waals surface area (Å²) < 4.78 is 5.98. The molecule has 2 N–H and O–H groups in total. The van der Waals surface area contributed by atoms with Crippen molar-refractivity contribution in [2.45, 2.75) is 39.0 Å². The van der Waals surface area contributed by atoms with Gasteiger partial charge in [-0.2, -0.15) is 0 Å². The summed E-state index contributed by atoms with van der Waals surface area (Å²) in [6.45, 7) is 2.96. The minimum absolute atomic E-state index is 0.0293. The third-order valence-corrected chi connectivity index (χ3v) is 3.73. The topological polar surface area (TPSA) is 41.5 Å². The number of hydrogen-bond donors (Lipinski definition) is 2. The average Bonchev–Trinajstić information content (AvgIpc) is 3.32. The van der Waals surface area contributed by atoms with Crippen LogP contribution in [0.15, 0.2) is 42.5 Å². The first-order valence-corrected chi connectivity index (χ1v) is 7.45. The normalized spacial score (nSPS) is 14.2. The van der Waals surface area contributed by atoms with Gasteiger partial charge in [0.1, 0.15) is 11.5 Å². The molecule has 21 heavy (non-hydrogen) atoms. The zero-order chi connectivity index (χ0) is 14.7. The Balaban J connectivity index is 1.74. The SMILES string of the molecule is Cc1ccc(CNC2CC2)cc1Oc1cccc(CO)c1. The predicted molar refractivity (Wildman–Crippen MR) is 83.5 cm³/mol. The molecule has 1 saturated carbocycles. The molecule has 3 heteroatoms. The van der Waals surface area contributed by atoms with E-state index < -0.39 is 0 Å². The van der Waals surface area contributed by atoms with E-state index in [4.69, 9.17) is 4.74 Å². The second-order valence-electron chi connectivity index (χ2n) is 5.66. The van der Waals surface area contributed by atoms with Gasteiger partial charge in [-0.3, -0.25) is 0 Å². The fraction of sp³-hybridized carbons (Fsp3) is 0.333. The number of aryl methyl sites for hydroxylation is 1. The van der Waals surface area contributed by atoms with Crippen LogP contribution in [-0.2, 0) is 13.2 Å². The molecule has 0 aromatic heterocycles. The monoisotopic (exact) mass is 283 g/mol. The fourth-order valence-corrected chi connectivity index (χ4v) is 2.25. The van der Waals surface area contributed by atoms with Crippen molar-refractivity contribution in [1.29, 1.82) is 0 Å². The minimum Gasteiger partial charge on any atom is -0.457 e. The van der Waals surface area contributed by atoms with E-state index in [0.29, 0.717) is 6.04 Å². The summed E-state index contributed by atoms with van der Waals surface area (Å²) in [6.07, 6.45) is 2.59. The van der Waals surface area contributed by atoms with E-state index in [1.807, 2.05) is 31.2 Å². The van der Waals surface area contributed by atoms with Crippen molar-refractivity contribution in [1.82, 2.24) is 5.32 Å². The zero-order valence-electron chi connectivity index (χ0n) is 12.3. The van der Waals surface area contributed by atoms with Crippen LogP contribution >= 0.6 is 0 Å². The van der Waals surface area contributed by atoms with Crippen molar-refractivity contribution in [3.05, 3.63) is 59.2 Å². The Kier molecular flexibility index (Phi) is 4.23. The number of ether oxygens (including phenoxy) is 1.